The highest BCUT2D eigenvalue weighted by Gasteiger charge is 2.44. The first-order chi connectivity index (χ1) is 8.65. The zero-order valence-electron chi connectivity index (χ0n) is 11.1. The molecule has 0 spiro atoms. The molecule has 1 saturated carbocycles. The van der Waals surface area contributed by atoms with Crippen molar-refractivity contribution in [1.82, 2.24) is 0 Å². The predicted molar refractivity (Wildman–Crippen MR) is 74.8 cm³/mol. The van der Waals surface area contributed by atoms with Crippen molar-refractivity contribution in [3.8, 4) is 0 Å². The Kier molecular flexibility index (Phi) is 4.33. The largest absolute Gasteiger partial charge is 0.466 e. The molecule has 98 valence electrons. The van der Waals surface area contributed by atoms with Gasteiger partial charge in [0.2, 0.25) is 0 Å². The molecule has 0 aliphatic heterocycles. The Morgan fingerprint density at radius 1 is 1.39 bits per heavy atom. The lowest BCUT2D eigenvalue weighted by molar-refractivity contribution is -0.144. The van der Waals surface area contributed by atoms with E-state index in [0.29, 0.717) is 13.0 Å². The van der Waals surface area contributed by atoms with Crippen LogP contribution in [0.15, 0.2) is 29.2 Å². The number of thioether (sulfide) groups is 1. The lowest BCUT2D eigenvalue weighted by Crippen LogP contribution is -2.14. The van der Waals surface area contributed by atoms with Gasteiger partial charge in [0.15, 0.2) is 0 Å². The number of hydrogen-bond acceptors (Lipinski definition) is 3. The van der Waals surface area contributed by atoms with E-state index in [4.69, 9.17) is 4.74 Å². The fraction of sp³-hybridized carbons (Fsp3) is 0.533. The third-order valence-corrected chi connectivity index (χ3v) is 4.93. The minimum atomic E-state index is -0.0413. The Bertz CT molecular complexity index is 424. The van der Waals surface area contributed by atoms with Crippen LogP contribution in [0.4, 0.5) is 0 Å². The van der Waals surface area contributed by atoms with Gasteiger partial charge in [-0.15, -0.1) is 11.8 Å². The molecular weight excluding hydrogens is 244 g/mol. The molecule has 1 aromatic carbocycles. The molecule has 0 unspecified atom stereocenters. The predicted octanol–water partition coefficient (Wildman–Crippen LogP) is 3.82. The van der Waals surface area contributed by atoms with Crippen molar-refractivity contribution in [1.29, 1.82) is 0 Å². The number of hydrogen-bond donors (Lipinski definition) is 0. The number of ether oxygens (including phenoxy) is 1. The van der Waals surface area contributed by atoms with Crippen LogP contribution >= 0.6 is 11.8 Å². The summed E-state index contributed by atoms with van der Waals surface area (Å²) in [5.74, 6) is 0.983. The fourth-order valence-corrected chi connectivity index (χ4v) is 3.34. The molecule has 0 saturated heterocycles. The maximum absolute atomic E-state index is 11.5. The maximum Gasteiger partial charge on any atom is 0.306 e. The number of aryl methyl sites for hydroxylation is 1. The smallest absolute Gasteiger partial charge is 0.306 e. The minimum Gasteiger partial charge on any atom is -0.466 e. The van der Waals surface area contributed by atoms with Crippen LogP contribution in [0.2, 0.25) is 0 Å². The Morgan fingerprint density at radius 2 is 2.11 bits per heavy atom. The summed E-state index contributed by atoms with van der Waals surface area (Å²) in [4.78, 5) is 12.9. The monoisotopic (exact) mass is 264 g/mol. The van der Waals surface area contributed by atoms with E-state index in [-0.39, 0.29) is 11.4 Å². The first-order valence-electron chi connectivity index (χ1n) is 6.49. The van der Waals surface area contributed by atoms with E-state index in [1.807, 2.05) is 18.7 Å². The molecule has 18 heavy (non-hydrogen) atoms. The van der Waals surface area contributed by atoms with Gasteiger partial charge in [-0.25, -0.2) is 0 Å². The highest BCUT2D eigenvalue weighted by atomic mass is 32.2. The topological polar surface area (TPSA) is 26.3 Å². The first kappa shape index (κ1) is 13.5. The summed E-state index contributed by atoms with van der Waals surface area (Å²) in [6.07, 6.45) is 2.90. The van der Waals surface area contributed by atoms with Gasteiger partial charge < -0.3 is 4.74 Å². The third-order valence-electron chi connectivity index (χ3n) is 3.41. The van der Waals surface area contributed by atoms with E-state index in [2.05, 4.69) is 31.2 Å². The Balaban J connectivity index is 1.86. The van der Waals surface area contributed by atoms with Crippen LogP contribution in [0.1, 0.15) is 31.7 Å². The molecule has 1 aliphatic rings. The zero-order chi connectivity index (χ0) is 13.0. The molecule has 1 aromatic rings. The number of rotatable bonds is 6. The van der Waals surface area contributed by atoms with Crippen LogP contribution in [0, 0.1) is 12.3 Å². The van der Waals surface area contributed by atoms with Gasteiger partial charge in [-0.3, -0.25) is 4.79 Å². The number of carbonyl (C=O) groups is 1. The van der Waals surface area contributed by atoms with Crippen LogP contribution in [-0.4, -0.2) is 18.3 Å². The summed E-state index contributed by atoms with van der Waals surface area (Å²) in [7, 11) is 0. The van der Waals surface area contributed by atoms with Gasteiger partial charge in [-0.05, 0) is 43.7 Å². The maximum atomic E-state index is 11.5. The fourth-order valence-electron chi connectivity index (χ4n) is 2.02. The molecule has 0 aromatic heterocycles. The quantitative estimate of drug-likeness (QED) is 0.577. The van der Waals surface area contributed by atoms with Gasteiger partial charge in [0.05, 0.1) is 13.0 Å². The molecule has 3 heteroatoms. The average molecular weight is 264 g/mol. The van der Waals surface area contributed by atoms with Gasteiger partial charge in [0.1, 0.15) is 0 Å². The lowest BCUT2D eigenvalue weighted by Gasteiger charge is -2.14. The van der Waals surface area contributed by atoms with Crippen LogP contribution in [0.5, 0.6) is 0 Å². The van der Waals surface area contributed by atoms with Crippen molar-refractivity contribution in [2.75, 3.05) is 12.4 Å². The number of benzene rings is 1. The van der Waals surface area contributed by atoms with E-state index in [9.17, 15) is 4.79 Å². The molecule has 0 radical (unpaired) electrons. The van der Waals surface area contributed by atoms with Crippen molar-refractivity contribution in [3.05, 3.63) is 29.8 Å². The van der Waals surface area contributed by atoms with Gasteiger partial charge in [-0.2, -0.15) is 0 Å². The van der Waals surface area contributed by atoms with Crippen LogP contribution < -0.4 is 0 Å². The second kappa shape index (κ2) is 5.79. The summed E-state index contributed by atoms with van der Waals surface area (Å²) < 4.78 is 5.05. The van der Waals surface area contributed by atoms with E-state index >= 15 is 0 Å². The van der Waals surface area contributed by atoms with E-state index in [0.717, 1.165) is 18.6 Å². The van der Waals surface area contributed by atoms with Crippen molar-refractivity contribution in [3.63, 3.8) is 0 Å². The summed E-state index contributed by atoms with van der Waals surface area (Å²) in [5.41, 5.74) is 1.52. The van der Waals surface area contributed by atoms with Crippen molar-refractivity contribution in [2.24, 2.45) is 5.41 Å². The summed E-state index contributed by atoms with van der Waals surface area (Å²) in [6.45, 7) is 4.48. The molecular formula is C15H20O2S. The average Bonchev–Trinajstić information content (AvgIpc) is 3.08. The normalized spacial score (nSPS) is 16.3. The summed E-state index contributed by atoms with van der Waals surface area (Å²) in [5, 5.41) is 0. The second-order valence-electron chi connectivity index (χ2n) is 5.04. The van der Waals surface area contributed by atoms with Crippen LogP contribution in [-0.2, 0) is 9.53 Å². The minimum absolute atomic E-state index is 0.0413. The summed E-state index contributed by atoms with van der Waals surface area (Å²) in [6, 6.07) is 8.42. The summed E-state index contributed by atoms with van der Waals surface area (Å²) >= 11 is 1.87. The Hall–Kier alpha value is -0.960. The third kappa shape index (κ3) is 3.52. The lowest BCUT2D eigenvalue weighted by atomic mass is 10.1. The molecule has 0 N–H and O–H groups in total. The zero-order valence-corrected chi connectivity index (χ0v) is 11.9. The van der Waals surface area contributed by atoms with Crippen LogP contribution in [0.25, 0.3) is 0 Å². The van der Waals surface area contributed by atoms with E-state index in [1.165, 1.54) is 10.5 Å². The highest BCUT2D eigenvalue weighted by Crippen LogP contribution is 2.52. The van der Waals surface area contributed by atoms with Crippen molar-refractivity contribution < 1.29 is 9.53 Å². The molecule has 0 bridgehead atoms. The number of esters is 1. The van der Waals surface area contributed by atoms with Gasteiger partial charge in [0.25, 0.3) is 0 Å². The van der Waals surface area contributed by atoms with Crippen molar-refractivity contribution >= 4 is 17.7 Å². The first-order valence-corrected chi connectivity index (χ1v) is 7.48. The highest BCUT2D eigenvalue weighted by molar-refractivity contribution is 7.99. The standard InChI is InChI=1S/C15H20O2S/c1-3-17-14(16)10-15(8-9-15)11-18-13-7-5-4-6-12(13)2/h4-7H,3,8-11H2,1-2H3. The molecule has 1 aliphatic carbocycles. The van der Waals surface area contributed by atoms with E-state index in [1.54, 1.807) is 0 Å². The molecule has 0 amide bonds. The van der Waals surface area contributed by atoms with Gasteiger partial charge >= 0.3 is 5.97 Å². The molecule has 2 nitrogen and oxygen atoms in total. The molecule has 0 heterocycles. The SMILES string of the molecule is CCOC(=O)CC1(CSc2ccccc2C)CC1. The molecule has 1 fully saturated rings. The Morgan fingerprint density at radius 3 is 2.72 bits per heavy atom. The van der Waals surface area contributed by atoms with Crippen molar-refractivity contribution in [2.45, 2.75) is 38.0 Å². The van der Waals surface area contributed by atoms with Crippen LogP contribution in [0.3, 0.4) is 0 Å². The Labute approximate surface area is 113 Å². The molecule has 2 rings (SSSR count). The number of carbonyl (C=O) groups excluding carboxylic acids is 1. The van der Waals surface area contributed by atoms with Gasteiger partial charge in [0, 0.05) is 10.6 Å². The van der Waals surface area contributed by atoms with E-state index < -0.39 is 0 Å². The second-order valence-corrected chi connectivity index (χ2v) is 6.05. The van der Waals surface area contributed by atoms with Gasteiger partial charge in [-0.1, -0.05) is 18.2 Å². The molecule has 0 atom stereocenters.